The van der Waals surface area contributed by atoms with E-state index in [-0.39, 0.29) is 11.2 Å². The molecule has 0 unspecified atom stereocenters. The van der Waals surface area contributed by atoms with Gasteiger partial charge in [-0.05, 0) is 175 Å². The van der Waals surface area contributed by atoms with E-state index in [1.807, 2.05) is 0 Å². The van der Waals surface area contributed by atoms with Crippen LogP contribution < -0.4 is 9.80 Å². The van der Waals surface area contributed by atoms with Crippen LogP contribution in [0, 0.1) is 0 Å². The largest absolute Gasteiger partial charge is 0.748 e. The van der Waals surface area contributed by atoms with Gasteiger partial charge in [0.05, 0.1) is 21.2 Å². The van der Waals surface area contributed by atoms with Crippen molar-refractivity contribution < 1.29 is 17.5 Å². The van der Waals surface area contributed by atoms with E-state index in [0.717, 1.165) is 84.0 Å². The molecule has 0 aromatic heterocycles. The van der Waals surface area contributed by atoms with Crippen LogP contribution >= 0.6 is 63.7 Å². The Kier molecular flexibility index (Phi) is 14.6. The van der Waals surface area contributed by atoms with Gasteiger partial charge in [0.15, 0.2) is 5.71 Å². The van der Waals surface area contributed by atoms with Gasteiger partial charge in [-0.3, -0.25) is 0 Å². The Morgan fingerprint density at radius 1 is 0.667 bits per heavy atom. The van der Waals surface area contributed by atoms with Crippen LogP contribution in [-0.2, 0) is 20.9 Å². The Labute approximate surface area is 441 Å². The van der Waals surface area contributed by atoms with E-state index in [4.69, 9.17) is 0 Å². The minimum Gasteiger partial charge on any atom is -0.748 e. The molecule has 6 aromatic rings. The highest BCUT2D eigenvalue weighted by molar-refractivity contribution is 9.11. The molecule has 3 aliphatic rings. The van der Waals surface area contributed by atoms with Crippen LogP contribution in [0.2, 0.25) is 0 Å². The number of rotatable bonds is 15. The zero-order valence-electron chi connectivity index (χ0n) is 39.8. The fourth-order valence-electron chi connectivity index (χ4n) is 11.0. The molecule has 6 aromatic carbocycles. The van der Waals surface area contributed by atoms with Crippen LogP contribution in [0.15, 0.2) is 174 Å². The number of hydrogen-bond donors (Lipinski definition) is 0. The monoisotopic (exact) mass is 1190 g/mol. The maximum atomic E-state index is 11.7. The highest BCUT2D eigenvalue weighted by atomic mass is 79.9. The molecule has 0 radical (unpaired) electrons. The summed E-state index contributed by atoms with van der Waals surface area (Å²) in [5.41, 5.74) is 12.6. The topological polar surface area (TPSA) is 66.7 Å². The first-order chi connectivity index (χ1) is 33.0. The Balaban J connectivity index is 1.22. The molecule has 1 aliphatic carbocycles. The van der Waals surface area contributed by atoms with E-state index in [2.05, 4.69) is 246 Å². The molecule has 2 heterocycles. The lowest BCUT2D eigenvalue weighted by molar-refractivity contribution is -0.438. The van der Waals surface area contributed by atoms with Gasteiger partial charge in [-0.2, -0.15) is 4.58 Å². The summed E-state index contributed by atoms with van der Waals surface area (Å²) in [5.74, 6) is -0.369. The van der Waals surface area contributed by atoms with Gasteiger partial charge in [0, 0.05) is 82.5 Å². The first-order valence-electron chi connectivity index (χ1n) is 23.9. The van der Waals surface area contributed by atoms with Crippen LogP contribution in [0.3, 0.4) is 0 Å². The minimum absolute atomic E-state index is 0.254. The molecule has 0 saturated heterocycles. The molecule has 0 N–H and O–H groups in total. The fraction of sp³-hybridized carbons (Fsp3) is 0.293. The van der Waals surface area contributed by atoms with E-state index in [0.29, 0.717) is 19.4 Å². The number of nitrogens with zero attached hydrogens (tertiary/aromatic N) is 3. The molecule has 6 nitrogen and oxygen atoms in total. The van der Waals surface area contributed by atoms with E-state index < -0.39 is 15.5 Å². The number of anilines is 3. The first-order valence-corrected chi connectivity index (χ1v) is 28.7. The zero-order valence-corrected chi connectivity index (χ0v) is 46.9. The number of allylic oxidation sites excluding steroid dienone is 7. The third-order valence-electron chi connectivity index (χ3n) is 14.2. The Morgan fingerprint density at radius 3 is 1.87 bits per heavy atom. The van der Waals surface area contributed by atoms with Gasteiger partial charge >= 0.3 is 0 Å². The van der Waals surface area contributed by atoms with Gasteiger partial charge in [-0.1, -0.05) is 121 Å². The summed E-state index contributed by atoms with van der Waals surface area (Å²) in [7, 11) is -4.31. The second kappa shape index (κ2) is 20.2. The lowest BCUT2D eigenvalue weighted by Crippen LogP contribution is -2.28. The number of halogens is 4. The molecule has 0 spiro atoms. The van der Waals surface area contributed by atoms with Gasteiger partial charge in [-0.25, -0.2) is 8.42 Å². The van der Waals surface area contributed by atoms with E-state index in [1.165, 1.54) is 56.3 Å². The van der Waals surface area contributed by atoms with Crippen LogP contribution in [0.25, 0.3) is 21.5 Å². The predicted molar refractivity (Wildman–Crippen MR) is 302 cm³/mol. The number of hydrogen-bond acceptors (Lipinski definition) is 5. The lowest BCUT2D eigenvalue weighted by Gasteiger charge is -2.29. The zero-order chi connectivity index (χ0) is 48.8. The third kappa shape index (κ3) is 10.1. The highest BCUT2D eigenvalue weighted by Gasteiger charge is 2.46. The van der Waals surface area contributed by atoms with Gasteiger partial charge in [-0.15, -0.1) is 0 Å². The second-order valence-corrected chi connectivity index (χ2v) is 24.7. The van der Waals surface area contributed by atoms with Crippen molar-refractivity contribution in [1.29, 1.82) is 0 Å². The van der Waals surface area contributed by atoms with Gasteiger partial charge in [0.2, 0.25) is 5.69 Å². The van der Waals surface area contributed by atoms with Crippen molar-refractivity contribution in [1.82, 2.24) is 0 Å². The number of benzene rings is 6. The Hall–Kier alpha value is -4.10. The summed E-state index contributed by atoms with van der Waals surface area (Å²) in [4.78, 5) is 4.78. The fourth-order valence-corrected chi connectivity index (χ4v) is 12.8. The molecule has 0 bridgehead atoms. The van der Waals surface area contributed by atoms with E-state index >= 15 is 0 Å². The molecule has 0 fully saturated rings. The Morgan fingerprint density at radius 2 is 1.26 bits per heavy atom. The quantitative estimate of drug-likeness (QED) is 0.0582. The van der Waals surface area contributed by atoms with Crippen molar-refractivity contribution in [3.8, 4) is 0 Å². The average molecular weight is 1200 g/mol. The molecule has 356 valence electrons. The first kappa shape index (κ1) is 49.9. The maximum absolute atomic E-state index is 11.7. The molecule has 0 saturated carbocycles. The minimum atomic E-state index is -4.31. The summed E-state index contributed by atoms with van der Waals surface area (Å²) in [6.45, 7) is 13.2. The SMILES string of the molecule is CCCCC[N+]1=C(/C=C/C2=C(N(c3ccc(Br)cc3)c3ccc(Br)cc3)C(=C/C=C3/N(CCCCS(=O)(=O)[O-])c4ccc5cc(Br)ccc5c4C3(C)C)/CC2)C(C)(C)c2c1ccc1cc(Br)ccc21. The van der Waals surface area contributed by atoms with Gasteiger partial charge < -0.3 is 14.4 Å². The van der Waals surface area contributed by atoms with Crippen molar-refractivity contribution in [2.24, 2.45) is 0 Å². The van der Waals surface area contributed by atoms with Crippen LogP contribution in [0.5, 0.6) is 0 Å². The van der Waals surface area contributed by atoms with Crippen molar-refractivity contribution in [3.63, 3.8) is 0 Å². The highest BCUT2D eigenvalue weighted by Crippen LogP contribution is 2.52. The Bertz CT molecular complexity index is 3210. The average Bonchev–Trinajstić information content (AvgIpc) is 3.87. The standard InChI is InChI=1S/C58H57Br4N3O3S/c1-6-7-8-33-63-50-29-13-40-36-44(61)21-27-48(40)54(50)57(2,3)52(63)31-15-38-11-12-39(56(38)65(46-23-17-42(59)18-24-46)47-25-19-43(60)20-26-47)16-32-53-58(4,5)55-49-28-22-45(62)37-41(49)14-30-51(55)64(53)34-9-10-35-69(66,67)68/h13-32,36-37H,6-12,33-35H2,1-5H3. The molecule has 11 heteroatoms. The van der Waals surface area contributed by atoms with Crippen molar-refractivity contribution in [3.05, 3.63) is 185 Å². The van der Waals surface area contributed by atoms with Crippen LogP contribution in [-0.4, -0.2) is 42.1 Å². The second-order valence-electron chi connectivity index (χ2n) is 19.5. The van der Waals surface area contributed by atoms with Crippen molar-refractivity contribution in [2.75, 3.05) is 28.6 Å². The normalized spacial score (nSPS) is 17.7. The van der Waals surface area contributed by atoms with Crippen molar-refractivity contribution in [2.45, 2.75) is 90.4 Å². The smallest absolute Gasteiger partial charge is 0.210 e. The molecule has 0 atom stereocenters. The van der Waals surface area contributed by atoms with Crippen molar-refractivity contribution >= 4 is 124 Å². The third-order valence-corrected chi connectivity index (χ3v) is 17.0. The molecule has 69 heavy (non-hydrogen) atoms. The van der Waals surface area contributed by atoms with E-state index in [9.17, 15) is 13.0 Å². The molecule has 2 aliphatic heterocycles. The van der Waals surface area contributed by atoms with Crippen LogP contribution in [0.4, 0.5) is 22.7 Å². The van der Waals surface area contributed by atoms with Crippen LogP contribution in [0.1, 0.15) is 90.7 Å². The predicted octanol–water partition coefficient (Wildman–Crippen LogP) is 17.0. The summed E-state index contributed by atoms with van der Waals surface area (Å²) in [6.07, 6.45) is 15.5. The summed E-state index contributed by atoms with van der Waals surface area (Å²) in [5, 5.41) is 4.88. The molecular weight excluding hydrogens is 1140 g/mol. The molecular formula is C58H57Br4N3O3S. The van der Waals surface area contributed by atoms with E-state index in [1.54, 1.807) is 0 Å². The number of fused-ring (bicyclic) bond motifs is 6. The van der Waals surface area contributed by atoms with Gasteiger partial charge in [0.25, 0.3) is 0 Å². The summed E-state index contributed by atoms with van der Waals surface area (Å²) >= 11 is 14.8. The number of unbranched alkanes of at least 4 members (excludes halogenated alkanes) is 3. The molecule has 0 amide bonds. The van der Waals surface area contributed by atoms with Gasteiger partial charge in [0.1, 0.15) is 6.54 Å². The maximum Gasteiger partial charge on any atom is 0.210 e. The lowest BCUT2D eigenvalue weighted by atomic mass is 9.79. The summed E-state index contributed by atoms with van der Waals surface area (Å²) < 4.78 is 41.8. The molecule has 9 rings (SSSR count). The summed E-state index contributed by atoms with van der Waals surface area (Å²) in [6, 6.07) is 39.3.